The van der Waals surface area contributed by atoms with Gasteiger partial charge in [0.15, 0.2) is 5.82 Å². The molecule has 5 nitrogen and oxygen atoms in total. The van der Waals surface area contributed by atoms with Crippen LogP contribution < -0.4 is 16.0 Å². The van der Waals surface area contributed by atoms with E-state index in [1.807, 2.05) is 0 Å². The molecule has 0 aliphatic carbocycles. The number of rotatable bonds is 0. The minimum Gasteiger partial charge on any atom is -0.370 e. The third-order valence-electron chi connectivity index (χ3n) is 4.32. The van der Waals surface area contributed by atoms with Crippen LogP contribution in [0.1, 0.15) is 24.4 Å². The predicted octanol–water partition coefficient (Wildman–Crippen LogP) is 0.817. The molecule has 0 saturated carbocycles. The van der Waals surface area contributed by atoms with Crippen LogP contribution in [0.5, 0.6) is 0 Å². The van der Waals surface area contributed by atoms with E-state index in [0.29, 0.717) is 12.0 Å². The number of fused-ring (bicyclic) bond motifs is 5. The smallest absolute Gasteiger partial charge is 0.153 e. The molecule has 4 rings (SSSR count). The molecule has 5 heteroatoms. The fraction of sp³-hybridized carbons (Fsp3) is 0.750. The molecule has 3 N–H and O–H groups in total. The molecule has 0 amide bonds. The number of nitrogens with one attached hydrogen (secondary N) is 3. The van der Waals surface area contributed by atoms with Gasteiger partial charge < -0.3 is 16.0 Å². The maximum absolute atomic E-state index is 4.79. The fourth-order valence-corrected chi connectivity index (χ4v) is 3.41. The van der Waals surface area contributed by atoms with Gasteiger partial charge in [0.05, 0.1) is 6.04 Å². The van der Waals surface area contributed by atoms with Crippen LogP contribution in [0.4, 0.5) is 11.6 Å². The summed E-state index contributed by atoms with van der Waals surface area (Å²) < 4.78 is 2.26. The van der Waals surface area contributed by atoms with Crippen molar-refractivity contribution in [1.82, 2.24) is 15.1 Å². The molecular weight excluding hydrogens is 214 g/mol. The Labute approximate surface area is 101 Å². The minimum absolute atomic E-state index is 0.597. The number of hydrogen-bond acceptors (Lipinski definition) is 4. The molecule has 2 unspecified atom stereocenters. The van der Waals surface area contributed by atoms with Crippen LogP contribution in [0.2, 0.25) is 0 Å². The van der Waals surface area contributed by atoms with Crippen molar-refractivity contribution < 1.29 is 0 Å². The monoisotopic (exact) mass is 233 g/mol. The summed E-state index contributed by atoms with van der Waals surface area (Å²) in [5.74, 6) is 3.10. The molecule has 3 aliphatic heterocycles. The van der Waals surface area contributed by atoms with Crippen molar-refractivity contribution in [2.45, 2.75) is 25.3 Å². The van der Waals surface area contributed by atoms with Gasteiger partial charge >= 0.3 is 0 Å². The topological polar surface area (TPSA) is 53.9 Å². The number of aromatic nitrogens is 2. The number of piperidine rings is 1. The van der Waals surface area contributed by atoms with Crippen LogP contribution in [0, 0.1) is 5.92 Å². The van der Waals surface area contributed by atoms with E-state index >= 15 is 0 Å². The molecular formula is C12H19N5. The van der Waals surface area contributed by atoms with E-state index in [0.717, 1.165) is 32.0 Å². The van der Waals surface area contributed by atoms with Gasteiger partial charge in [0.25, 0.3) is 0 Å². The SMILES string of the molecule is C1CNc2nn3c(c2C1)NCC1CNCCC13. The lowest BCUT2D eigenvalue weighted by molar-refractivity contribution is 0.238. The van der Waals surface area contributed by atoms with E-state index in [-0.39, 0.29) is 0 Å². The Morgan fingerprint density at radius 2 is 2.18 bits per heavy atom. The first-order valence-electron chi connectivity index (χ1n) is 6.73. The third-order valence-corrected chi connectivity index (χ3v) is 4.32. The van der Waals surface area contributed by atoms with Gasteiger partial charge in [0, 0.05) is 31.1 Å². The van der Waals surface area contributed by atoms with Gasteiger partial charge in [0.2, 0.25) is 0 Å². The Morgan fingerprint density at radius 1 is 1.18 bits per heavy atom. The first-order chi connectivity index (χ1) is 8.43. The maximum Gasteiger partial charge on any atom is 0.153 e. The third kappa shape index (κ3) is 1.38. The van der Waals surface area contributed by atoms with Crippen molar-refractivity contribution in [2.24, 2.45) is 5.92 Å². The quantitative estimate of drug-likeness (QED) is 0.621. The van der Waals surface area contributed by atoms with Crippen molar-refractivity contribution >= 4 is 11.6 Å². The summed E-state index contributed by atoms with van der Waals surface area (Å²) in [6, 6.07) is 0.597. The highest BCUT2D eigenvalue weighted by molar-refractivity contribution is 5.61. The summed E-state index contributed by atoms with van der Waals surface area (Å²) in [6.07, 6.45) is 3.60. The first kappa shape index (κ1) is 9.76. The van der Waals surface area contributed by atoms with Crippen LogP contribution in [0.15, 0.2) is 0 Å². The summed E-state index contributed by atoms with van der Waals surface area (Å²) in [5.41, 5.74) is 1.41. The van der Waals surface area contributed by atoms with Crippen LogP contribution in [0.25, 0.3) is 0 Å². The molecule has 17 heavy (non-hydrogen) atoms. The average molecular weight is 233 g/mol. The molecule has 1 fully saturated rings. The Balaban J connectivity index is 1.77. The highest BCUT2D eigenvalue weighted by atomic mass is 15.4. The van der Waals surface area contributed by atoms with Crippen molar-refractivity contribution in [1.29, 1.82) is 0 Å². The fourth-order valence-electron chi connectivity index (χ4n) is 3.41. The summed E-state index contributed by atoms with van der Waals surface area (Å²) in [7, 11) is 0. The maximum atomic E-state index is 4.79. The molecule has 0 radical (unpaired) electrons. The summed E-state index contributed by atoms with van der Waals surface area (Å²) in [5, 5.41) is 15.3. The number of nitrogens with zero attached hydrogens (tertiary/aromatic N) is 2. The lowest BCUT2D eigenvalue weighted by Gasteiger charge is -2.37. The molecule has 1 aromatic rings. The Bertz CT molecular complexity index is 438. The van der Waals surface area contributed by atoms with E-state index in [1.165, 1.54) is 30.6 Å². The summed E-state index contributed by atoms with van der Waals surface area (Å²) >= 11 is 0. The molecule has 1 aromatic heterocycles. The van der Waals surface area contributed by atoms with Gasteiger partial charge in [-0.25, -0.2) is 4.68 Å². The Morgan fingerprint density at radius 3 is 3.18 bits per heavy atom. The first-order valence-corrected chi connectivity index (χ1v) is 6.73. The second kappa shape index (κ2) is 3.63. The van der Waals surface area contributed by atoms with Crippen molar-refractivity contribution in [2.75, 3.05) is 36.8 Å². The van der Waals surface area contributed by atoms with Crippen molar-refractivity contribution in [3.63, 3.8) is 0 Å². The van der Waals surface area contributed by atoms with Gasteiger partial charge in [-0.2, -0.15) is 5.10 Å². The molecule has 1 saturated heterocycles. The zero-order valence-electron chi connectivity index (χ0n) is 10.00. The van der Waals surface area contributed by atoms with E-state index in [4.69, 9.17) is 5.10 Å². The summed E-state index contributed by atoms with van der Waals surface area (Å²) in [4.78, 5) is 0. The van der Waals surface area contributed by atoms with Gasteiger partial charge in [-0.05, 0) is 25.8 Å². The number of anilines is 2. The van der Waals surface area contributed by atoms with Gasteiger partial charge in [-0.3, -0.25) is 0 Å². The van der Waals surface area contributed by atoms with Crippen LogP contribution in [-0.2, 0) is 6.42 Å². The minimum atomic E-state index is 0.597. The number of hydrogen-bond donors (Lipinski definition) is 3. The Kier molecular flexibility index (Phi) is 2.09. The van der Waals surface area contributed by atoms with Crippen LogP contribution in [0.3, 0.4) is 0 Å². The average Bonchev–Trinajstić information content (AvgIpc) is 2.78. The molecule has 4 heterocycles. The van der Waals surface area contributed by atoms with E-state index in [1.54, 1.807) is 0 Å². The zero-order chi connectivity index (χ0) is 11.2. The largest absolute Gasteiger partial charge is 0.370 e. The van der Waals surface area contributed by atoms with Crippen molar-refractivity contribution in [3.8, 4) is 0 Å². The molecule has 3 aliphatic rings. The second-order valence-electron chi connectivity index (χ2n) is 5.35. The Hall–Kier alpha value is -1.23. The normalized spacial score (nSPS) is 30.6. The lowest BCUT2D eigenvalue weighted by atomic mass is 9.91. The molecule has 0 aromatic carbocycles. The van der Waals surface area contributed by atoms with Crippen molar-refractivity contribution in [3.05, 3.63) is 5.56 Å². The molecule has 92 valence electrons. The van der Waals surface area contributed by atoms with Crippen LogP contribution >= 0.6 is 0 Å². The van der Waals surface area contributed by atoms with Gasteiger partial charge in [-0.1, -0.05) is 0 Å². The predicted molar refractivity (Wildman–Crippen MR) is 67.5 cm³/mol. The van der Waals surface area contributed by atoms with E-state index in [2.05, 4.69) is 20.6 Å². The molecule has 2 atom stereocenters. The second-order valence-corrected chi connectivity index (χ2v) is 5.35. The lowest BCUT2D eigenvalue weighted by Crippen LogP contribution is -2.44. The highest BCUT2D eigenvalue weighted by Gasteiger charge is 2.35. The van der Waals surface area contributed by atoms with Gasteiger partial charge in [-0.15, -0.1) is 0 Å². The molecule has 0 spiro atoms. The standard InChI is InChI=1S/C12H19N5/c1-2-9-11(14-4-1)16-17-10-3-5-13-6-8(10)7-15-12(9)17/h8,10,13,15H,1-7H2,(H,14,16). The van der Waals surface area contributed by atoms with E-state index in [9.17, 15) is 0 Å². The zero-order valence-corrected chi connectivity index (χ0v) is 10.00. The van der Waals surface area contributed by atoms with Crippen LogP contribution in [-0.4, -0.2) is 36.0 Å². The highest BCUT2D eigenvalue weighted by Crippen LogP contribution is 2.38. The van der Waals surface area contributed by atoms with E-state index < -0.39 is 0 Å². The molecule has 0 bridgehead atoms. The summed E-state index contributed by atoms with van der Waals surface area (Å²) in [6.45, 7) is 4.41. The van der Waals surface area contributed by atoms with Gasteiger partial charge in [0.1, 0.15) is 5.82 Å².